The Labute approximate surface area is 163 Å². The van der Waals surface area contributed by atoms with Crippen molar-refractivity contribution in [1.29, 1.82) is 0 Å². The first kappa shape index (κ1) is 21.3. The van der Waals surface area contributed by atoms with E-state index in [9.17, 15) is 13.2 Å². The van der Waals surface area contributed by atoms with Crippen LogP contribution in [0.15, 0.2) is 33.6 Å². The Bertz CT molecular complexity index is 676. The van der Waals surface area contributed by atoms with Gasteiger partial charge in [-0.25, -0.2) is 8.42 Å². The van der Waals surface area contributed by atoms with Gasteiger partial charge < -0.3 is 10.1 Å². The van der Waals surface area contributed by atoms with Gasteiger partial charge in [0.25, 0.3) is 0 Å². The van der Waals surface area contributed by atoms with E-state index in [0.717, 1.165) is 43.7 Å². The van der Waals surface area contributed by atoms with Gasteiger partial charge in [-0.3, -0.25) is 9.69 Å². The number of amides is 1. The first-order valence-corrected chi connectivity index (χ1v) is 11.0. The number of likely N-dealkylation sites (N-methyl/N-ethyl adjacent to an activating group) is 1. The molecular formula is C17H26BrN3O4S. The van der Waals surface area contributed by atoms with E-state index in [1.807, 2.05) is 0 Å². The van der Waals surface area contributed by atoms with Crippen LogP contribution < -0.4 is 5.32 Å². The lowest BCUT2D eigenvalue weighted by molar-refractivity contribution is -0.121. The predicted molar refractivity (Wildman–Crippen MR) is 103 cm³/mol. The number of halogens is 1. The maximum atomic E-state index is 12.7. The number of hydrogen-bond donors (Lipinski definition) is 1. The van der Waals surface area contributed by atoms with Crippen molar-refractivity contribution in [1.82, 2.24) is 14.5 Å². The molecule has 0 aromatic heterocycles. The smallest absolute Gasteiger partial charge is 0.243 e. The summed E-state index contributed by atoms with van der Waals surface area (Å²) in [4.78, 5) is 14.6. The minimum atomic E-state index is -3.68. The van der Waals surface area contributed by atoms with E-state index in [-0.39, 0.29) is 23.9 Å². The maximum Gasteiger partial charge on any atom is 0.243 e. The molecule has 7 nitrogen and oxygen atoms in total. The molecule has 9 heteroatoms. The summed E-state index contributed by atoms with van der Waals surface area (Å²) in [5, 5.41) is 2.81. The third-order valence-electron chi connectivity index (χ3n) is 4.20. The van der Waals surface area contributed by atoms with Crippen molar-refractivity contribution >= 4 is 31.9 Å². The number of ether oxygens (including phenoxy) is 1. The standard InChI is InChI=1S/C17H26BrN3O4S/c1-2-21(26(23,24)16-6-4-15(18)5-7-16)14-17(22)19-8-3-9-20-10-12-25-13-11-20/h4-7H,2-3,8-14H2,1H3,(H,19,22). The number of carbonyl (C=O) groups is 1. The molecule has 1 aliphatic rings. The Morgan fingerprint density at radius 1 is 1.27 bits per heavy atom. The minimum Gasteiger partial charge on any atom is -0.379 e. The Morgan fingerprint density at radius 2 is 1.92 bits per heavy atom. The van der Waals surface area contributed by atoms with Gasteiger partial charge in [-0.1, -0.05) is 22.9 Å². The first-order valence-electron chi connectivity index (χ1n) is 8.76. The molecule has 1 fully saturated rings. The lowest BCUT2D eigenvalue weighted by Crippen LogP contribution is -2.42. The number of morpholine rings is 1. The average molecular weight is 448 g/mol. The molecule has 0 saturated carbocycles. The van der Waals surface area contributed by atoms with Crippen LogP contribution in [0, 0.1) is 0 Å². The Balaban J connectivity index is 1.80. The monoisotopic (exact) mass is 447 g/mol. The van der Waals surface area contributed by atoms with E-state index in [4.69, 9.17) is 4.74 Å². The summed E-state index contributed by atoms with van der Waals surface area (Å²) in [6.45, 7) is 6.57. The summed E-state index contributed by atoms with van der Waals surface area (Å²) in [6.07, 6.45) is 0.831. The Kier molecular flexibility index (Phi) is 8.49. The molecule has 1 heterocycles. The van der Waals surface area contributed by atoms with Gasteiger partial charge in [0.2, 0.25) is 15.9 Å². The second-order valence-corrected chi connectivity index (χ2v) is 8.90. The van der Waals surface area contributed by atoms with Crippen molar-refractivity contribution in [2.45, 2.75) is 18.2 Å². The van der Waals surface area contributed by atoms with E-state index in [1.165, 1.54) is 16.4 Å². The molecule has 0 radical (unpaired) electrons. The SMILES string of the molecule is CCN(CC(=O)NCCCN1CCOCC1)S(=O)(=O)c1ccc(Br)cc1. The Morgan fingerprint density at radius 3 is 2.54 bits per heavy atom. The number of carbonyl (C=O) groups excluding carboxylic acids is 1. The summed E-state index contributed by atoms with van der Waals surface area (Å²) in [5.74, 6) is -0.283. The maximum absolute atomic E-state index is 12.7. The normalized spacial score (nSPS) is 16.0. The topological polar surface area (TPSA) is 79.0 Å². The summed E-state index contributed by atoms with van der Waals surface area (Å²) in [6, 6.07) is 6.41. The average Bonchev–Trinajstić information content (AvgIpc) is 2.64. The summed E-state index contributed by atoms with van der Waals surface area (Å²) >= 11 is 3.29. The summed E-state index contributed by atoms with van der Waals surface area (Å²) in [7, 11) is -3.68. The van der Waals surface area contributed by atoms with Crippen molar-refractivity contribution < 1.29 is 17.9 Å². The number of hydrogen-bond acceptors (Lipinski definition) is 5. The molecule has 0 unspecified atom stereocenters. The van der Waals surface area contributed by atoms with Gasteiger partial charge in [0.05, 0.1) is 24.7 Å². The zero-order valence-electron chi connectivity index (χ0n) is 15.0. The molecule has 1 saturated heterocycles. The summed E-state index contributed by atoms with van der Waals surface area (Å²) in [5.41, 5.74) is 0. The third kappa shape index (κ3) is 6.31. The van der Waals surface area contributed by atoms with Crippen molar-refractivity contribution in [2.75, 3.05) is 52.5 Å². The van der Waals surface area contributed by atoms with Crippen LogP contribution in [0.1, 0.15) is 13.3 Å². The van der Waals surface area contributed by atoms with Crippen molar-refractivity contribution in [2.24, 2.45) is 0 Å². The molecular weight excluding hydrogens is 422 g/mol. The van der Waals surface area contributed by atoms with Gasteiger partial charge in [0, 0.05) is 30.7 Å². The van der Waals surface area contributed by atoms with E-state index >= 15 is 0 Å². The number of rotatable bonds is 9. The van der Waals surface area contributed by atoms with Crippen LogP contribution in [0.2, 0.25) is 0 Å². The summed E-state index contributed by atoms with van der Waals surface area (Å²) < 4.78 is 32.6. The molecule has 0 aliphatic carbocycles. The highest BCUT2D eigenvalue weighted by atomic mass is 79.9. The predicted octanol–water partition coefficient (Wildman–Crippen LogP) is 1.30. The highest BCUT2D eigenvalue weighted by molar-refractivity contribution is 9.10. The molecule has 1 aromatic carbocycles. The number of nitrogens with one attached hydrogen (secondary N) is 1. The molecule has 2 rings (SSSR count). The van der Waals surface area contributed by atoms with Gasteiger partial charge in [-0.05, 0) is 37.2 Å². The number of sulfonamides is 1. The van der Waals surface area contributed by atoms with Crippen molar-refractivity contribution in [3.8, 4) is 0 Å². The molecule has 0 bridgehead atoms. The second-order valence-electron chi connectivity index (χ2n) is 6.04. The van der Waals surface area contributed by atoms with Gasteiger partial charge in [-0.2, -0.15) is 4.31 Å². The van der Waals surface area contributed by atoms with Gasteiger partial charge in [0.1, 0.15) is 0 Å². The van der Waals surface area contributed by atoms with Crippen molar-refractivity contribution in [3.05, 3.63) is 28.7 Å². The molecule has 146 valence electrons. The van der Waals surface area contributed by atoms with E-state index in [2.05, 4.69) is 26.1 Å². The van der Waals surface area contributed by atoms with E-state index < -0.39 is 10.0 Å². The van der Waals surface area contributed by atoms with E-state index in [0.29, 0.717) is 6.54 Å². The van der Waals surface area contributed by atoms with Crippen LogP contribution in [-0.4, -0.2) is 76.0 Å². The molecule has 26 heavy (non-hydrogen) atoms. The third-order valence-corrected chi connectivity index (χ3v) is 6.66. The largest absolute Gasteiger partial charge is 0.379 e. The highest BCUT2D eigenvalue weighted by Gasteiger charge is 2.25. The lowest BCUT2D eigenvalue weighted by Gasteiger charge is -2.26. The molecule has 1 amide bonds. The molecule has 1 aromatic rings. The molecule has 1 aliphatic heterocycles. The van der Waals surface area contributed by atoms with Crippen molar-refractivity contribution in [3.63, 3.8) is 0 Å². The van der Waals surface area contributed by atoms with E-state index in [1.54, 1.807) is 19.1 Å². The van der Waals surface area contributed by atoms with Crippen LogP contribution in [-0.2, 0) is 19.6 Å². The van der Waals surface area contributed by atoms with Crippen LogP contribution >= 0.6 is 15.9 Å². The number of benzene rings is 1. The molecule has 0 spiro atoms. The quantitative estimate of drug-likeness (QED) is 0.577. The molecule has 0 atom stereocenters. The van der Waals surface area contributed by atoms with Crippen LogP contribution in [0.5, 0.6) is 0 Å². The highest BCUT2D eigenvalue weighted by Crippen LogP contribution is 2.18. The lowest BCUT2D eigenvalue weighted by atomic mass is 10.3. The zero-order valence-corrected chi connectivity index (χ0v) is 17.4. The molecule has 1 N–H and O–H groups in total. The van der Waals surface area contributed by atoms with Gasteiger partial charge in [-0.15, -0.1) is 0 Å². The second kappa shape index (κ2) is 10.4. The Hall–Kier alpha value is -1.00. The van der Waals surface area contributed by atoms with Gasteiger partial charge >= 0.3 is 0 Å². The van der Waals surface area contributed by atoms with Crippen LogP contribution in [0.4, 0.5) is 0 Å². The van der Waals surface area contributed by atoms with Crippen LogP contribution in [0.25, 0.3) is 0 Å². The van der Waals surface area contributed by atoms with Crippen LogP contribution in [0.3, 0.4) is 0 Å². The fraction of sp³-hybridized carbons (Fsp3) is 0.588. The number of nitrogens with zero attached hydrogens (tertiary/aromatic N) is 2. The first-order chi connectivity index (χ1) is 12.4. The zero-order chi connectivity index (χ0) is 19.0. The minimum absolute atomic E-state index is 0.174. The van der Waals surface area contributed by atoms with Gasteiger partial charge in [0.15, 0.2) is 0 Å². The fourth-order valence-electron chi connectivity index (χ4n) is 2.69. The fourth-order valence-corrected chi connectivity index (χ4v) is 4.36.